The molecule has 0 aliphatic carbocycles. The van der Waals surface area contributed by atoms with Crippen LogP contribution in [-0.4, -0.2) is 32.0 Å². The Hall–Kier alpha value is -4.06. The van der Waals surface area contributed by atoms with E-state index in [0.717, 1.165) is 94.0 Å². The van der Waals surface area contributed by atoms with Crippen molar-refractivity contribution in [3.63, 3.8) is 0 Å². The summed E-state index contributed by atoms with van der Waals surface area (Å²) < 4.78 is 10.3. The predicted molar refractivity (Wildman–Crippen MR) is 156 cm³/mol. The number of nitrogens with zero attached hydrogens (tertiary/aromatic N) is 3. The number of rotatable bonds is 6. The van der Waals surface area contributed by atoms with Crippen LogP contribution in [0.5, 0.6) is 5.75 Å². The number of hydrogen-bond donors (Lipinski definition) is 1. The van der Waals surface area contributed by atoms with Crippen LogP contribution in [0.2, 0.25) is 0 Å². The van der Waals surface area contributed by atoms with Gasteiger partial charge in [0.2, 0.25) is 0 Å². The van der Waals surface area contributed by atoms with E-state index in [4.69, 9.17) is 9.84 Å². The lowest BCUT2D eigenvalue weighted by Crippen LogP contribution is -2.12. The van der Waals surface area contributed by atoms with E-state index in [2.05, 4.69) is 47.9 Å². The number of ether oxygens (including phenoxy) is 1. The van der Waals surface area contributed by atoms with Crippen LogP contribution >= 0.6 is 0 Å². The molecule has 0 fully saturated rings. The van der Waals surface area contributed by atoms with Gasteiger partial charge in [0.25, 0.3) is 0 Å². The quantitative estimate of drug-likeness (QED) is 0.238. The lowest BCUT2D eigenvalue weighted by atomic mass is 9.96. The maximum absolute atomic E-state index is 12.8. The lowest BCUT2D eigenvalue weighted by molar-refractivity contribution is 0.0684. The summed E-state index contributed by atoms with van der Waals surface area (Å²) in [6, 6.07) is 20.6. The Balaban J connectivity index is 1.39. The zero-order valence-electron chi connectivity index (χ0n) is 22.7. The van der Waals surface area contributed by atoms with Crippen molar-refractivity contribution >= 4 is 27.6 Å². The fourth-order valence-electron chi connectivity index (χ4n) is 6.27. The first-order valence-electron chi connectivity index (χ1n) is 14.1. The van der Waals surface area contributed by atoms with E-state index in [1.54, 1.807) is 0 Å². The zero-order valence-corrected chi connectivity index (χ0v) is 22.7. The Labute approximate surface area is 228 Å². The molecule has 0 radical (unpaired) electrons. The number of fused-ring (bicyclic) bond motifs is 3. The number of para-hydroxylation sites is 1. The van der Waals surface area contributed by atoms with Gasteiger partial charge in [0, 0.05) is 41.2 Å². The van der Waals surface area contributed by atoms with Crippen LogP contribution in [-0.2, 0) is 26.4 Å². The summed E-state index contributed by atoms with van der Waals surface area (Å²) in [6.45, 7) is 3.34. The van der Waals surface area contributed by atoms with Crippen molar-refractivity contribution in [2.45, 2.75) is 58.4 Å². The molecule has 0 spiro atoms. The molecule has 5 aromatic rings. The largest absolute Gasteiger partial charge is 0.493 e. The number of hydrogen-bond acceptors (Lipinski definition) is 3. The molecule has 0 saturated heterocycles. The molecule has 6 heteroatoms. The van der Waals surface area contributed by atoms with Gasteiger partial charge in [0.05, 0.1) is 17.8 Å². The summed E-state index contributed by atoms with van der Waals surface area (Å²) >= 11 is 0. The molecule has 39 heavy (non-hydrogen) atoms. The molecule has 6 nitrogen and oxygen atoms in total. The van der Waals surface area contributed by atoms with Crippen molar-refractivity contribution in [1.82, 2.24) is 14.3 Å². The molecule has 3 aromatic carbocycles. The summed E-state index contributed by atoms with van der Waals surface area (Å²) in [6.07, 6.45) is 6.57. The van der Waals surface area contributed by atoms with Gasteiger partial charge in [0.1, 0.15) is 11.4 Å². The Bertz CT molecular complexity index is 1670. The van der Waals surface area contributed by atoms with Gasteiger partial charge < -0.3 is 14.4 Å². The van der Waals surface area contributed by atoms with Crippen LogP contribution in [0, 0.1) is 6.92 Å². The first-order valence-corrected chi connectivity index (χ1v) is 14.1. The number of aromatic carboxylic acids is 1. The molecule has 0 saturated carbocycles. The number of carbonyl (C=O) groups is 1. The summed E-state index contributed by atoms with van der Waals surface area (Å²) in [5, 5.41) is 18.6. The summed E-state index contributed by atoms with van der Waals surface area (Å²) in [5.41, 5.74) is 6.83. The van der Waals surface area contributed by atoms with Crippen LogP contribution in [0.15, 0.2) is 60.7 Å². The van der Waals surface area contributed by atoms with Crippen molar-refractivity contribution in [1.29, 1.82) is 0 Å². The second-order valence-electron chi connectivity index (χ2n) is 10.6. The molecule has 2 aromatic heterocycles. The highest BCUT2D eigenvalue weighted by atomic mass is 16.5. The van der Waals surface area contributed by atoms with Gasteiger partial charge in [-0.15, -0.1) is 0 Å². The Morgan fingerprint density at radius 2 is 1.74 bits per heavy atom. The van der Waals surface area contributed by atoms with Crippen molar-refractivity contribution in [2.75, 3.05) is 6.61 Å². The molecular weight excluding hydrogens is 486 g/mol. The average Bonchev–Trinajstić information content (AvgIpc) is 3.40. The Morgan fingerprint density at radius 3 is 2.62 bits per heavy atom. The van der Waals surface area contributed by atoms with E-state index < -0.39 is 5.97 Å². The zero-order chi connectivity index (χ0) is 26.9. The average molecular weight is 522 g/mol. The van der Waals surface area contributed by atoms with E-state index in [9.17, 15) is 9.90 Å². The number of benzene rings is 3. The molecule has 3 heterocycles. The van der Waals surface area contributed by atoms with Gasteiger partial charge in [-0.1, -0.05) is 67.4 Å². The second kappa shape index (κ2) is 10.6. The van der Waals surface area contributed by atoms with Crippen LogP contribution < -0.4 is 4.74 Å². The smallest absolute Gasteiger partial charge is 0.352 e. The van der Waals surface area contributed by atoms with Crippen molar-refractivity contribution < 1.29 is 14.6 Å². The molecular formula is C33H35N3O3. The van der Waals surface area contributed by atoms with E-state index in [1.807, 2.05) is 36.0 Å². The molecule has 1 N–H and O–H groups in total. The highest BCUT2D eigenvalue weighted by Crippen LogP contribution is 2.39. The summed E-state index contributed by atoms with van der Waals surface area (Å²) in [5.74, 6) is 0.00503. The lowest BCUT2D eigenvalue weighted by Gasteiger charge is -2.12. The third-order valence-electron chi connectivity index (χ3n) is 8.19. The van der Waals surface area contributed by atoms with Crippen LogP contribution in [0.1, 0.15) is 59.5 Å². The summed E-state index contributed by atoms with van der Waals surface area (Å²) in [7, 11) is 2.00. The number of aromatic nitrogens is 3. The number of carboxylic acids is 1. The van der Waals surface area contributed by atoms with Gasteiger partial charge in [-0.2, -0.15) is 5.10 Å². The van der Waals surface area contributed by atoms with Crippen LogP contribution in [0.3, 0.4) is 0 Å². The minimum absolute atomic E-state index is 0.421. The predicted octanol–water partition coefficient (Wildman–Crippen LogP) is 7.33. The molecule has 1 aliphatic rings. The maximum Gasteiger partial charge on any atom is 0.352 e. The first kappa shape index (κ1) is 25.2. The monoisotopic (exact) mass is 521 g/mol. The van der Waals surface area contributed by atoms with Crippen molar-refractivity contribution in [3.8, 4) is 16.9 Å². The van der Waals surface area contributed by atoms with Gasteiger partial charge in [-0.05, 0) is 56.0 Å². The normalized spacial score (nSPS) is 13.8. The molecule has 0 unspecified atom stereocenters. The van der Waals surface area contributed by atoms with Crippen molar-refractivity contribution in [3.05, 3.63) is 83.3 Å². The van der Waals surface area contributed by atoms with Gasteiger partial charge in [0.15, 0.2) is 0 Å². The molecule has 6 rings (SSSR count). The molecule has 200 valence electrons. The topological polar surface area (TPSA) is 69.3 Å². The number of aryl methyl sites for hydroxylation is 4. The Kier molecular flexibility index (Phi) is 6.86. The van der Waals surface area contributed by atoms with E-state index in [1.165, 1.54) is 0 Å². The first-order chi connectivity index (χ1) is 19.0. The number of carboxylic acid groups (broad SMARTS) is 1. The fourth-order valence-corrected chi connectivity index (χ4v) is 6.27. The Morgan fingerprint density at radius 1 is 0.974 bits per heavy atom. The third-order valence-corrected chi connectivity index (χ3v) is 8.19. The minimum atomic E-state index is -0.861. The molecule has 0 atom stereocenters. The van der Waals surface area contributed by atoms with E-state index >= 15 is 0 Å². The van der Waals surface area contributed by atoms with Gasteiger partial charge >= 0.3 is 5.97 Å². The standard InChI is InChI=1S/C33H35N3O3/c1-22-30-27-16-10-15-25-26(17-11-21-39-29-19-9-13-23-12-6-7-14-24(23)29)32(33(37)38)36(31(25)27)20-8-4-3-5-18-28(30)34-35(22)2/h6-7,9-10,12-16,19H,3-5,8,11,17-18,20-21H2,1-2H3,(H,37,38). The van der Waals surface area contributed by atoms with Gasteiger partial charge in [-0.3, -0.25) is 4.68 Å². The molecule has 0 amide bonds. The van der Waals surface area contributed by atoms with E-state index in [0.29, 0.717) is 25.3 Å². The van der Waals surface area contributed by atoms with Gasteiger partial charge in [-0.25, -0.2) is 4.79 Å². The highest BCUT2D eigenvalue weighted by molar-refractivity contribution is 6.04. The third kappa shape index (κ3) is 4.58. The molecule has 1 aliphatic heterocycles. The molecule has 0 bridgehead atoms. The fraction of sp³-hybridized carbons (Fsp3) is 0.333. The minimum Gasteiger partial charge on any atom is -0.493 e. The van der Waals surface area contributed by atoms with Crippen LogP contribution in [0.25, 0.3) is 32.8 Å². The SMILES string of the molecule is Cc1c2c(nn1C)CCCCCCn1c(C(=O)O)c(CCCOc3cccc4ccccc34)c3cccc-2c31. The maximum atomic E-state index is 12.8. The van der Waals surface area contributed by atoms with Crippen LogP contribution in [0.4, 0.5) is 0 Å². The second-order valence-corrected chi connectivity index (χ2v) is 10.6. The van der Waals surface area contributed by atoms with E-state index in [-0.39, 0.29) is 0 Å². The highest BCUT2D eigenvalue weighted by Gasteiger charge is 2.26. The van der Waals surface area contributed by atoms with Crippen molar-refractivity contribution in [2.24, 2.45) is 7.05 Å². The summed E-state index contributed by atoms with van der Waals surface area (Å²) in [4.78, 5) is 12.8.